The Balaban J connectivity index is 1.91. The first-order valence-corrected chi connectivity index (χ1v) is 6.96. The summed E-state index contributed by atoms with van der Waals surface area (Å²) in [5.41, 5.74) is 3.57. The fourth-order valence-electron chi connectivity index (χ4n) is 1.94. The highest BCUT2D eigenvalue weighted by Gasteiger charge is 2.00. The van der Waals surface area contributed by atoms with E-state index >= 15 is 0 Å². The molecule has 3 nitrogen and oxygen atoms in total. The smallest absolute Gasteiger partial charge is 0.213 e. The molecule has 1 aromatic heterocycles. The van der Waals surface area contributed by atoms with Crippen LogP contribution in [-0.2, 0) is 0 Å². The summed E-state index contributed by atoms with van der Waals surface area (Å²) in [6, 6.07) is 12.4. The Labute approximate surface area is 121 Å². The zero-order valence-electron chi connectivity index (χ0n) is 12.5. The van der Waals surface area contributed by atoms with Crippen LogP contribution in [0.2, 0.25) is 0 Å². The van der Waals surface area contributed by atoms with Crippen molar-refractivity contribution < 1.29 is 4.74 Å². The summed E-state index contributed by atoms with van der Waals surface area (Å²) in [4.78, 5) is 6.51. The van der Waals surface area contributed by atoms with Crippen molar-refractivity contribution in [2.24, 2.45) is 0 Å². The molecule has 0 saturated heterocycles. The molecular weight excluding hydrogens is 248 g/mol. The molecule has 0 N–H and O–H groups in total. The van der Waals surface area contributed by atoms with E-state index in [0.717, 1.165) is 18.5 Å². The Morgan fingerprint density at radius 1 is 1.00 bits per heavy atom. The van der Waals surface area contributed by atoms with Gasteiger partial charge in [0.1, 0.15) is 0 Å². The van der Waals surface area contributed by atoms with Gasteiger partial charge in [-0.1, -0.05) is 29.8 Å². The molecule has 0 spiro atoms. The van der Waals surface area contributed by atoms with Crippen LogP contribution in [0.3, 0.4) is 0 Å². The van der Waals surface area contributed by atoms with E-state index in [0.29, 0.717) is 12.5 Å². The molecule has 20 heavy (non-hydrogen) atoms. The number of nitrogens with zero attached hydrogens (tertiary/aromatic N) is 2. The molecule has 2 rings (SSSR count). The number of pyridine rings is 1. The second-order valence-electron chi connectivity index (χ2n) is 5.26. The van der Waals surface area contributed by atoms with Gasteiger partial charge in [0.15, 0.2) is 0 Å². The molecular formula is C17H22N2O. The van der Waals surface area contributed by atoms with Gasteiger partial charge in [-0.15, -0.1) is 0 Å². The van der Waals surface area contributed by atoms with Crippen molar-refractivity contribution in [1.29, 1.82) is 0 Å². The predicted molar refractivity (Wildman–Crippen MR) is 83.1 cm³/mol. The van der Waals surface area contributed by atoms with Crippen LogP contribution < -0.4 is 4.74 Å². The third-order valence-electron chi connectivity index (χ3n) is 3.12. The van der Waals surface area contributed by atoms with Crippen LogP contribution in [0.1, 0.15) is 12.0 Å². The van der Waals surface area contributed by atoms with Crippen molar-refractivity contribution in [2.75, 3.05) is 27.2 Å². The van der Waals surface area contributed by atoms with Gasteiger partial charge in [-0.2, -0.15) is 0 Å². The fraction of sp³-hybridized carbons (Fsp3) is 0.353. The minimum Gasteiger partial charge on any atom is -0.478 e. The summed E-state index contributed by atoms with van der Waals surface area (Å²) in [6.07, 6.45) is 2.88. The van der Waals surface area contributed by atoms with E-state index in [9.17, 15) is 0 Å². The van der Waals surface area contributed by atoms with Gasteiger partial charge in [-0.3, -0.25) is 0 Å². The molecule has 106 valence electrons. The standard InChI is InChI=1S/C17H22N2O/c1-14-5-7-15(8-6-14)16-9-10-17(18-13-16)20-12-4-11-19(2)3/h5-10,13H,4,11-12H2,1-3H3. The van der Waals surface area contributed by atoms with Crippen molar-refractivity contribution in [2.45, 2.75) is 13.3 Å². The van der Waals surface area contributed by atoms with Crippen LogP contribution in [0.4, 0.5) is 0 Å². The minimum absolute atomic E-state index is 0.694. The van der Waals surface area contributed by atoms with Gasteiger partial charge < -0.3 is 9.64 Å². The van der Waals surface area contributed by atoms with Gasteiger partial charge in [0, 0.05) is 24.4 Å². The third kappa shape index (κ3) is 4.35. The Kier molecular flexibility index (Phi) is 5.13. The minimum atomic E-state index is 0.694. The highest BCUT2D eigenvalue weighted by atomic mass is 16.5. The summed E-state index contributed by atoms with van der Waals surface area (Å²) in [6.45, 7) is 3.82. The van der Waals surface area contributed by atoms with Gasteiger partial charge in [0.05, 0.1) is 6.61 Å². The largest absolute Gasteiger partial charge is 0.478 e. The number of ether oxygens (including phenoxy) is 1. The number of hydrogen-bond donors (Lipinski definition) is 0. The van der Waals surface area contributed by atoms with Crippen molar-refractivity contribution in [3.8, 4) is 17.0 Å². The Morgan fingerprint density at radius 3 is 2.30 bits per heavy atom. The van der Waals surface area contributed by atoms with Gasteiger partial charge in [0.2, 0.25) is 5.88 Å². The summed E-state index contributed by atoms with van der Waals surface area (Å²) in [5, 5.41) is 0. The summed E-state index contributed by atoms with van der Waals surface area (Å²) in [7, 11) is 4.13. The van der Waals surface area contributed by atoms with Crippen LogP contribution in [0.25, 0.3) is 11.1 Å². The maximum atomic E-state index is 5.63. The Bertz CT molecular complexity index is 518. The molecule has 0 atom stereocenters. The molecule has 1 heterocycles. The molecule has 0 radical (unpaired) electrons. The molecule has 1 aromatic carbocycles. The molecule has 0 fully saturated rings. The van der Waals surface area contributed by atoms with Crippen LogP contribution >= 0.6 is 0 Å². The molecule has 0 aliphatic heterocycles. The summed E-state index contributed by atoms with van der Waals surface area (Å²) < 4.78 is 5.63. The van der Waals surface area contributed by atoms with E-state index < -0.39 is 0 Å². The Hall–Kier alpha value is -1.87. The molecule has 0 aliphatic carbocycles. The summed E-state index contributed by atoms with van der Waals surface area (Å²) >= 11 is 0. The summed E-state index contributed by atoms with van der Waals surface area (Å²) in [5.74, 6) is 0.694. The quantitative estimate of drug-likeness (QED) is 0.752. The van der Waals surface area contributed by atoms with Crippen LogP contribution in [0.5, 0.6) is 5.88 Å². The lowest BCUT2D eigenvalue weighted by molar-refractivity contribution is 0.273. The molecule has 0 amide bonds. The van der Waals surface area contributed by atoms with E-state index in [2.05, 4.69) is 61.2 Å². The molecule has 0 aliphatic rings. The zero-order valence-corrected chi connectivity index (χ0v) is 12.5. The predicted octanol–water partition coefficient (Wildman–Crippen LogP) is 3.39. The normalized spacial score (nSPS) is 10.8. The highest BCUT2D eigenvalue weighted by Crippen LogP contribution is 2.20. The number of aryl methyl sites for hydroxylation is 1. The molecule has 0 bridgehead atoms. The maximum absolute atomic E-state index is 5.63. The van der Waals surface area contributed by atoms with E-state index in [4.69, 9.17) is 4.74 Å². The van der Waals surface area contributed by atoms with Gasteiger partial charge in [-0.25, -0.2) is 4.98 Å². The van der Waals surface area contributed by atoms with E-state index in [-0.39, 0.29) is 0 Å². The Morgan fingerprint density at radius 2 is 1.70 bits per heavy atom. The van der Waals surface area contributed by atoms with E-state index in [1.807, 2.05) is 12.3 Å². The second kappa shape index (κ2) is 7.06. The zero-order chi connectivity index (χ0) is 14.4. The third-order valence-corrected chi connectivity index (χ3v) is 3.12. The lowest BCUT2D eigenvalue weighted by atomic mass is 10.1. The molecule has 3 heteroatoms. The fourth-order valence-corrected chi connectivity index (χ4v) is 1.94. The van der Waals surface area contributed by atoms with Crippen molar-refractivity contribution in [3.63, 3.8) is 0 Å². The number of rotatable bonds is 6. The molecule has 0 unspecified atom stereocenters. The van der Waals surface area contributed by atoms with Crippen LogP contribution in [0, 0.1) is 6.92 Å². The van der Waals surface area contributed by atoms with Crippen molar-refractivity contribution in [1.82, 2.24) is 9.88 Å². The van der Waals surface area contributed by atoms with Gasteiger partial charge >= 0.3 is 0 Å². The average molecular weight is 270 g/mol. The van der Waals surface area contributed by atoms with Gasteiger partial charge in [-0.05, 0) is 39.1 Å². The average Bonchev–Trinajstić information content (AvgIpc) is 2.45. The number of hydrogen-bond acceptors (Lipinski definition) is 3. The van der Waals surface area contributed by atoms with E-state index in [1.165, 1.54) is 11.1 Å². The number of benzene rings is 1. The monoisotopic (exact) mass is 270 g/mol. The first-order valence-electron chi connectivity index (χ1n) is 6.96. The van der Waals surface area contributed by atoms with Gasteiger partial charge in [0.25, 0.3) is 0 Å². The van der Waals surface area contributed by atoms with Crippen LogP contribution in [0.15, 0.2) is 42.6 Å². The molecule has 0 saturated carbocycles. The topological polar surface area (TPSA) is 25.4 Å². The lowest BCUT2D eigenvalue weighted by Gasteiger charge is -2.10. The van der Waals surface area contributed by atoms with Crippen molar-refractivity contribution in [3.05, 3.63) is 48.2 Å². The maximum Gasteiger partial charge on any atom is 0.213 e. The first-order chi connectivity index (χ1) is 9.65. The lowest BCUT2D eigenvalue weighted by Crippen LogP contribution is -2.15. The van der Waals surface area contributed by atoms with Crippen LogP contribution in [-0.4, -0.2) is 37.1 Å². The SMILES string of the molecule is Cc1ccc(-c2ccc(OCCCN(C)C)nc2)cc1. The van der Waals surface area contributed by atoms with Crippen molar-refractivity contribution >= 4 is 0 Å². The second-order valence-corrected chi connectivity index (χ2v) is 5.26. The highest BCUT2D eigenvalue weighted by molar-refractivity contribution is 5.62. The van der Waals surface area contributed by atoms with E-state index in [1.54, 1.807) is 0 Å². The first kappa shape index (κ1) is 14.5. The molecule has 2 aromatic rings. The number of aromatic nitrogens is 1.